The van der Waals surface area contributed by atoms with Gasteiger partial charge in [0.25, 0.3) is 5.91 Å². The molecule has 3 rings (SSSR count). The predicted molar refractivity (Wildman–Crippen MR) is 93.3 cm³/mol. The molecule has 0 aromatic heterocycles. The van der Waals surface area contributed by atoms with Gasteiger partial charge >= 0.3 is 0 Å². The fourth-order valence-corrected chi connectivity index (χ4v) is 4.34. The second-order valence-corrected chi connectivity index (χ2v) is 6.18. The van der Waals surface area contributed by atoms with Crippen molar-refractivity contribution in [3.05, 3.63) is 17.7 Å². The summed E-state index contributed by atoms with van der Waals surface area (Å²) in [7, 11) is 7.15. The third kappa shape index (κ3) is 1.80. The standard InChI is InChI=1S/C18H20N4O5/c1-23-11-7-6-10(12(24-2)13(11)25-3)14-16(8-19)15(21)22-18(26-4,27-5)17(14,16)9-20/h6-7,14H,1-5H3,(H2,21,22)/t14-,16+,17+/m0/s1. The summed E-state index contributed by atoms with van der Waals surface area (Å²) in [6.07, 6.45) is 0. The van der Waals surface area contributed by atoms with E-state index in [1.807, 2.05) is 0 Å². The third-order valence-corrected chi connectivity index (χ3v) is 5.53. The number of hydrogen-bond acceptors (Lipinski definition) is 9. The lowest BCUT2D eigenvalue weighted by Crippen LogP contribution is -2.41. The zero-order valence-corrected chi connectivity index (χ0v) is 15.7. The van der Waals surface area contributed by atoms with Crippen LogP contribution in [0.4, 0.5) is 0 Å². The highest BCUT2D eigenvalue weighted by molar-refractivity contribution is 6.00. The van der Waals surface area contributed by atoms with Gasteiger partial charge in [0, 0.05) is 25.7 Å². The quantitative estimate of drug-likeness (QED) is 0.735. The summed E-state index contributed by atoms with van der Waals surface area (Å²) in [4.78, 5) is 4.19. The van der Waals surface area contributed by atoms with Crippen molar-refractivity contribution < 1.29 is 23.7 Å². The Morgan fingerprint density at radius 3 is 2.04 bits per heavy atom. The first-order valence-corrected chi connectivity index (χ1v) is 8.02. The number of hydrogen-bond donors (Lipinski definition) is 1. The average Bonchev–Trinajstić information content (AvgIpc) is 3.28. The van der Waals surface area contributed by atoms with E-state index >= 15 is 0 Å². The number of aliphatic imine (C=N–C) groups is 1. The van der Waals surface area contributed by atoms with Crippen molar-refractivity contribution in [3.63, 3.8) is 0 Å². The smallest absolute Gasteiger partial charge is 0.292 e. The van der Waals surface area contributed by atoms with Gasteiger partial charge in [0.15, 0.2) is 16.9 Å². The number of methoxy groups -OCH3 is 5. The second kappa shape index (κ2) is 6.02. The maximum atomic E-state index is 10.1. The van der Waals surface area contributed by atoms with Gasteiger partial charge in [-0.25, -0.2) is 4.99 Å². The van der Waals surface area contributed by atoms with Gasteiger partial charge in [-0.15, -0.1) is 0 Å². The van der Waals surface area contributed by atoms with Crippen LogP contribution in [0, 0.1) is 33.5 Å². The van der Waals surface area contributed by atoms with E-state index < -0.39 is 22.7 Å². The number of rotatable bonds is 6. The zero-order valence-electron chi connectivity index (χ0n) is 15.7. The molecule has 1 aliphatic heterocycles. The highest BCUT2D eigenvalue weighted by Crippen LogP contribution is 2.82. The molecular weight excluding hydrogens is 352 g/mol. The fraction of sp³-hybridized carbons (Fsp3) is 0.500. The summed E-state index contributed by atoms with van der Waals surface area (Å²) in [5.74, 6) is -1.28. The van der Waals surface area contributed by atoms with Gasteiger partial charge in [-0.2, -0.15) is 10.5 Å². The van der Waals surface area contributed by atoms with Gasteiger partial charge in [-0.1, -0.05) is 6.07 Å². The summed E-state index contributed by atoms with van der Waals surface area (Å²) in [6.45, 7) is 0. The summed E-state index contributed by atoms with van der Waals surface area (Å²) >= 11 is 0. The van der Waals surface area contributed by atoms with Crippen molar-refractivity contribution in [2.24, 2.45) is 21.6 Å². The van der Waals surface area contributed by atoms with Crippen LogP contribution in [-0.2, 0) is 9.47 Å². The highest BCUT2D eigenvalue weighted by atomic mass is 16.7. The molecule has 0 saturated heterocycles. The number of ether oxygens (including phenoxy) is 5. The summed E-state index contributed by atoms with van der Waals surface area (Å²) in [5.41, 5.74) is 3.78. The van der Waals surface area contributed by atoms with E-state index in [4.69, 9.17) is 29.4 Å². The van der Waals surface area contributed by atoms with Crippen molar-refractivity contribution in [1.82, 2.24) is 0 Å². The lowest BCUT2D eigenvalue weighted by molar-refractivity contribution is -0.230. The lowest BCUT2D eigenvalue weighted by atomic mass is 9.93. The van der Waals surface area contributed by atoms with Crippen molar-refractivity contribution in [2.75, 3.05) is 35.5 Å². The van der Waals surface area contributed by atoms with E-state index in [0.29, 0.717) is 22.8 Å². The molecule has 0 unspecified atom stereocenters. The van der Waals surface area contributed by atoms with Crippen LogP contribution >= 0.6 is 0 Å². The van der Waals surface area contributed by atoms with E-state index in [1.165, 1.54) is 35.5 Å². The van der Waals surface area contributed by atoms with Crippen LogP contribution in [0.2, 0.25) is 0 Å². The number of nitriles is 2. The van der Waals surface area contributed by atoms with Crippen molar-refractivity contribution >= 4 is 5.84 Å². The number of amidine groups is 1. The Bertz CT molecular complexity index is 898. The maximum absolute atomic E-state index is 10.1. The molecular formula is C18H20N4O5. The van der Waals surface area contributed by atoms with Gasteiger partial charge in [0.05, 0.1) is 33.5 Å². The molecule has 1 aliphatic carbocycles. The van der Waals surface area contributed by atoms with Crippen LogP contribution in [-0.4, -0.2) is 47.3 Å². The normalized spacial score (nSPS) is 29.7. The fourth-order valence-electron chi connectivity index (χ4n) is 4.34. The number of nitrogens with two attached hydrogens (primary N) is 1. The first kappa shape index (κ1) is 18.8. The van der Waals surface area contributed by atoms with Crippen LogP contribution in [0.25, 0.3) is 0 Å². The number of nitrogens with zero attached hydrogens (tertiary/aromatic N) is 3. The number of benzene rings is 1. The molecule has 9 heteroatoms. The molecule has 0 bridgehead atoms. The van der Waals surface area contributed by atoms with Crippen LogP contribution in [0.3, 0.4) is 0 Å². The molecule has 27 heavy (non-hydrogen) atoms. The Labute approximate surface area is 156 Å². The van der Waals surface area contributed by atoms with Crippen molar-refractivity contribution in [3.8, 4) is 29.4 Å². The SMILES string of the molecule is COc1ccc([C@H]2[C@]3(C#N)C(N)=NC(OC)(OC)[C@]23C#N)c(OC)c1OC. The molecule has 2 aliphatic rings. The molecule has 1 fully saturated rings. The Morgan fingerprint density at radius 2 is 1.59 bits per heavy atom. The molecule has 1 aromatic carbocycles. The molecule has 0 radical (unpaired) electrons. The third-order valence-electron chi connectivity index (χ3n) is 5.53. The Balaban J connectivity index is 2.31. The Hall–Kier alpha value is -3.01. The molecule has 142 valence electrons. The van der Waals surface area contributed by atoms with Gasteiger partial charge in [-0.3, -0.25) is 0 Å². The number of fused-ring (bicyclic) bond motifs is 1. The monoisotopic (exact) mass is 372 g/mol. The van der Waals surface area contributed by atoms with Gasteiger partial charge in [0.1, 0.15) is 11.3 Å². The van der Waals surface area contributed by atoms with Crippen LogP contribution in [0.15, 0.2) is 17.1 Å². The Morgan fingerprint density at radius 1 is 0.963 bits per heavy atom. The first-order valence-electron chi connectivity index (χ1n) is 8.02. The van der Waals surface area contributed by atoms with E-state index in [9.17, 15) is 10.5 Å². The minimum Gasteiger partial charge on any atom is -0.493 e. The highest BCUT2D eigenvalue weighted by Gasteiger charge is 2.94. The molecule has 0 spiro atoms. The minimum atomic E-state index is -1.70. The molecule has 9 nitrogen and oxygen atoms in total. The van der Waals surface area contributed by atoms with E-state index in [0.717, 1.165) is 0 Å². The second-order valence-electron chi connectivity index (χ2n) is 6.18. The maximum Gasteiger partial charge on any atom is 0.292 e. The first-order chi connectivity index (χ1) is 12.9. The molecule has 3 atom stereocenters. The average molecular weight is 372 g/mol. The van der Waals surface area contributed by atoms with E-state index in [1.54, 1.807) is 12.1 Å². The predicted octanol–water partition coefficient (Wildman–Crippen LogP) is 1.15. The van der Waals surface area contributed by atoms with Crippen LogP contribution in [0.5, 0.6) is 17.2 Å². The van der Waals surface area contributed by atoms with Gasteiger partial charge in [-0.05, 0) is 6.07 Å². The van der Waals surface area contributed by atoms with E-state index in [-0.39, 0.29) is 5.84 Å². The zero-order chi connectivity index (χ0) is 20.0. The summed E-state index contributed by atoms with van der Waals surface area (Å²) in [5, 5.41) is 20.1. The molecule has 2 N–H and O–H groups in total. The van der Waals surface area contributed by atoms with Crippen LogP contribution in [0.1, 0.15) is 11.5 Å². The topological polar surface area (TPSA) is 132 Å². The molecule has 1 saturated carbocycles. The summed E-state index contributed by atoms with van der Waals surface area (Å²) in [6, 6.07) is 7.77. The molecule has 0 amide bonds. The van der Waals surface area contributed by atoms with Gasteiger partial charge < -0.3 is 29.4 Å². The largest absolute Gasteiger partial charge is 0.493 e. The van der Waals surface area contributed by atoms with Gasteiger partial charge in [0.2, 0.25) is 5.75 Å². The Kier molecular flexibility index (Phi) is 4.18. The minimum absolute atomic E-state index is 0.0166. The van der Waals surface area contributed by atoms with Crippen molar-refractivity contribution in [2.45, 2.75) is 11.8 Å². The molecule has 1 heterocycles. The van der Waals surface area contributed by atoms with E-state index in [2.05, 4.69) is 17.1 Å². The van der Waals surface area contributed by atoms with Crippen molar-refractivity contribution in [1.29, 1.82) is 10.5 Å². The van der Waals surface area contributed by atoms with Crippen LogP contribution < -0.4 is 19.9 Å². The lowest BCUT2D eigenvalue weighted by Gasteiger charge is -2.29. The molecule has 1 aromatic rings. The summed E-state index contributed by atoms with van der Waals surface area (Å²) < 4.78 is 27.2.